The maximum absolute atomic E-state index is 12.8. The van der Waals surface area contributed by atoms with Crippen LogP contribution in [0, 0.1) is 22.6 Å². The van der Waals surface area contributed by atoms with Crippen molar-refractivity contribution in [3.05, 3.63) is 29.8 Å². The second kappa shape index (κ2) is 4.25. The molecule has 7 heteroatoms. The van der Waals surface area contributed by atoms with Gasteiger partial charge in [0.1, 0.15) is 16.8 Å². The van der Waals surface area contributed by atoms with Crippen LogP contribution >= 0.6 is 0 Å². The fourth-order valence-electron chi connectivity index (χ4n) is 2.34. The van der Waals surface area contributed by atoms with Gasteiger partial charge in [-0.25, -0.2) is 12.8 Å². The van der Waals surface area contributed by atoms with Crippen LogP contribution in [0.15, 0.2) is 18.3 Å². The minimum Gasteiger partial charge on any atom is -0.382 e. The summed E-state index contributed by atoms with van der Waals surface area (Å²) in [6, 6.07) is 4.30. The molecule has 2 atom stereocenters. The standard InChI is InChI=1S/C12H13FN2O3S/c1-11(16,10-3-2-9(13)6-15-10)12(7-14)4-5-19(17,18)8-12/h2-3,6,16H,4-5,8H2,1H3. The molecule has 0 amide bonds. The third kappa shape index (κ3) is 2.22. The van der Waals surface area contributed by atoms with E-state index in [1.165, 1.54) is 13.0 Å². The molecule has 1 N–H and O–H groups in total. The first-order valence-electron chi connectivity index (χ1n) is 5.69. The number of nitriles is 1. The largest absolute Gasteiger partial charge is 0.382 e. The summed E-state index contributed by atoms with van der Waals surface area (Å²) in [4.78, 5) is 3.76. The number of nitrogens with zero attached hydrogens (tertiary/aromatic N) is 2. The van der Waals surface area contributed by atoms with E-state index in [-0.39, 0.29) is 17.9 Å². The van der Waals surface area contributed by atoms with Crippen molar-refractivity contribution in [2.24, 2.45) is 5.41 Å². The molecule has 0 spiro atoms. The zero-order valence-electron chi connectivity index (χ0n) is 10.3. The molecule has 1 saturated heterocycles. The molecule has 102 valence electrons. The van der Waals surface area contributed by atoms with Crippen LogP contribution in [-0.4, -0.2) is 30.0 Å². The van der Waals surface area contributed by atoms with Gasteiger partial charge in [0.15, 0.2) is 9.84 Å². The zero-order valence-corrected chi connectivity index (χ0v) is 11.1. The van der Waals surface area contributed by atoms with Crippen LogP contribution in [0.25, 0.3) is 0 Å². The van der Waals surface area contributed by atoms with E-state index in [1.54, 1.807) is 0 Å². The third-order valence-corrected chi connectivity index (χ3v) is 5.44. The highest BCUT2D eigenvalue weighted by Crippen LogP contribution is 2.46. The number of rotatable bonds is 2. The van der Waals surface area contributed by atoms with E-state index in [1.807, 2.05) is 6.07 Å². The van der Waals surface area contributed by atoms with Crippen molar-refractivity contribution in [1.29, 1.82) is 5.26 Å². The highest BCUT2D eigenvalue weighted by Gasteiger charge is 2.56. The van der Waals surface area contributed by atoms with Crippen molar-refractivity contribution in [1.82, 2.24) is 4.98 Å². The Morgan fingerprint density at radius 2 is 2.26 bits per heavy atom. The molecule has 1 fully saturated rings. The Labute approximate surface area is 110 Å². The minimum absolute atomic E-state index is 0.0396. The highest BCUT2D eigenvalue weighted by molar-refractivity contribution is 7.91. The molecule has 2 unspecified atom stereocenters. The van der Waals surface area contributed by atoms with Crippen LogP contribution in [0.2, 0.25) is 0 Å². The van der Waals surface area contributed by atoms with Crippen LogP contribution < -0.4 is 0 Å². The number of aliphatic hydroxyl groups is 1. The van der Waals surface area contributed by atoms with Crippen LogP contribution in [-0.2, 0) is 15.4 Å². The van der Waals surface area contributed by atoms with Crippen LogP contribution in [0.3, 0.4) is 0 Å². The lowest BCUT2D eigenvalue weighted by atomic mass is 9.71. The number of hydrogen-bond donors (Lipinski definition) is 1. The molecule has 5 nitrogen and oxygen atoms in total. The predicted octanol–water partition coefficient (Wildman–Crippen LogP) is 0.757. The molecule has 0 saturated carbocycles. The van der Waals surface area contributed by atoms with Gasteiger partial charge in [0.2, 0.25) is 0 Å². The van der Waals surface area contributed by atoms with Crippen molar-refractivity contribution >= 4 is 9.84 Å². The normalized spacial score (nSPS) is 28.5. The number of sulfone groups is 1. The molecule has 0 bridgehead atoms. The molecule has 1 aromatic rings. The van der Waals surface area contributed by atoms with Crippen molar-refractivity contribution in [3.8, 4) is 6.07 Å². The molecular weight excluding hydrogens is 271 g/mol. The molecule has 0 aliphatic carbocycles. The number of pyridine rings is 1. The van der Waals surface area contributed by atoms with Gasteiger partial charge < -0.3 is 5.11 Å². The summed E-state index contributed by atoms with van der Waals surface area (Å²) >= 11 is 0. The van der Waals surface area contributed by atoms with E-state index in [0.717, 1.165) is 12.3 Å². The van der Waals surface area contributed by atoms with E-state index < -0.39 is 32.4 Å². The molecule has 2 heterocycles. The average Bonchev–Trinajstić information content (AvgIpc) is 2.67. The van der Waals surface area contributed by atoms with Crippen LogP contribution in [0.5, 0.6) is 0 Å². The maximum atomic E-state index is 12.8. The van der Waals surface area contributed by atoms with Gasteiger partial charge in [0.05, 0.1) is 29.5 Å². The fourth-order valence-corrected chi connectivity index (χ4v) is 4.38. The molecular formula is C12H13FN2O3S. The van der Waals surface area contributed by atoms with Gasteiger partial charge in [0, 0.05) is 0 Å². The summed E-state index contributed by atoms with van der Waals surface area (Å²) in [6.07, 6.45) is 0.968. The molecule has 0 radical (unpaired) electrons. The van der Waals surface area contributed by atoms with Gasteiger partial charge in [-0.3, -0.25) is 4.98 Å². The second-order valence-corrected chi connectivity index (χ2v) is 7.15. The summed E-state index contributed by atoms with van der Waals surface area (Å²) in [7, 11) is -3.35. The van der Waals surface area contributed by atoms with Crippen LogP contribution in [0.1, 0.15) is 19.0 Å². The van der Waals surface area contributed by atoms with E-state index in [9.17, 15) is 23.2 Å². The van der Waals surface area contributed by atoms with E-state index in [2.05, 4.69) is 4.98 Å². The summed E-state index contributed by atoms with van der Waals surface area (Å²) in [5.41, 5.74) is -3.11. The Hall–Kier alpha value is -1.52. The quantitative estimate of drug-likeness (QED) is 0.865. The first-order chi connectivity index (χ1) is 8.72. The molecule has 2 rings (SSSR count). The third-order valence-electron chi connectivity index (χ3n) is 3.68. The molecule has 1 aromatic heterocycles. The lowest BCUT2D eigenvalue weighted by Gasteiger charge is -2.35. The molecule has 0 aromatic carbocycles. The molecule has 19 heavy (non-hydrogen) atoms. The summed E-state index contributed by atoms with van der Waals surface area (Å²) < 4.78 is 36.0. The van der Waals surface area contributed by atoms with Crippen molar-refractivity contribution in [2.75, 3.05) is 11.5 Å². The fraction of sp³-hybridized carbons (Fsp3) is 0.500. The van der Waals surface area contributed by atoms with Crippen molar-refractivity contribution in [3.63, 3.8) is 0 Å². The van der Waals surface area contributed by atoms with E-state index in [4.69, 9.17) is 0 Å². The average molecular weight is 284 g/mol. The van der Waals surface area contributed by atoms with Gasteiger partial charge in [-0.05, 0) is 25.5 Å². The Kier molecular flexibility index (Phi) is 3.11. The van der Waals surface area contributed by atoms with E-state index >= 15 is 0 Å². The van der Waals surface area contributed by atoms with Crippen molar-refractivity contribution in [2.45, 2.75) is 18.9 Å². The first-order valence-corrected chi connectivity index (χ1v) is 7.51. The Balaban J connectivity index is 2.49. The number of aromatic nitrogens is 1. The monoisotopic (exact) mass is 284 g/mol. The number of hydrogen-bond acceptors (Lipinski definition) is 5. The van der Waals surface area contributed by atoms with Crippen molar-refractivity contribution < 1.29 is 17.9 Å². The summed E-state index contributed by atoms with van der Waals surface area (Å²) in [5.74, 6) is -1.12. The van der Waals surface area contributed by atoms with Gasteiger partial charge in [0.25, 0.3) is 0 Å². The first kappa shape index (κ1) is 13.9. The van der Waals surface area contributed by atoms with Crippen LogP contribution in [0.4, 0.5) is 4.39 Å². The SMILES string of the molecule is CC(O)(c1ccc(F)cn1)C1(C#N)CCS(=O)(=O)C1. The lowest BCUT2D eigenvalue weighted by molar-refractivity contribution is -0.0361. The summed E-state index contributed by atoms with van der Waals surface area (Å²) in [6.45, 7) is 1.34. The van der Waals surface area contributed by atoms with Gasteiger partial charge in [-0.2, -0.15) is 5.26 Å². The Morgan fingerprint density at radius 3 is 2.68 bits per heavy atom. The van der Waals surface area contributed by atoms with Gasteiger partial charge in [-0.1, -0.05) is 0 Å². The van der Waals surface area contributed by atoms with E-state index in [0.29, 0.717) is 0 Å². The maximum Gasteiger partial charge on any atom is 0.152 e. The minimum atomic E-state index is -3.35. The zero-order chi connectivity index (χ0) is 14.3. The molecule has 1 aliphatic heterocycles. The second-order valence-electron chi connectivity index (χ2n) is 4.97. The van der Waals surface area contributed by atoms with Gasteiger partial charge >= 0.3 is 0 Å². The highest BCUT2D eigenvalue weighted by atomic mass is 32.2. The summed E-state index contributed by atoms with van der Waals surface area (Å²) in [5, 5.41) is 19.9. The Morgan fingerprint density at radius 1 is 1.58 bits per heavy atom. The topological polar surface area (TPSA) is 91.1 Å². The Bertz CT molecular complexity index is 634. The lowest BCUT2D eigenvalue weighted by Crippen LogP contribution is -2.44. The smallest absolute Gasteiger partial charge is 0.152 e. The molecule has 1 aliphatic rings. The predicted molar refractivity (Wildman–Crippen MR) is 65.1 cm³/mol. The number of halogens is 1. The van der Waals surface area contributed by atoms with Gasteiger partial charge in [-0.15, -0.1) is 0 Å².